The molecule has 5 N–H and O–H groups in total. The van der Waals surface area contributed by atoms with E-state index in [1.54, 1.807) is 0 Å². The number of primary amides is 1. The van der Waals surface area contributed by atoms with E-state index in [0.717, 1.165) is 19.5 Å². The zero-order valence-electron chi connectivity index (χ0n) is 11.8. The molecule has 0 spiro atoms. The third-order valence-corrected chi connectivity index (χ3v) is 3.53. The summed E-state index contributed by atoms with van der Waals surface area (Å²) in [5.41, 5.74) is 5.23. The first kappa shape index (κ1) is 16.9. The van der Waals surface area contributed by atoms with E-state index in [9.17, 15) is 9.59 Å². The second kappa shape index (κ2) is 8.89. The van der Waals surface area contributed by atoms with Crippen LogP contribution in [0.2, 0.25) is 0 Å². The molecule has 1 rings (SSSR count). The lowest BCUT2D eigenvalue weighted by molar-refractivity contribution is -0.137. The number of carboxylic acids is 1. The summed E-state index contributed by atoms with van der Waals surface area (Å²) in [5.74, 6) is -0.898. The lowest BCUT2D eigenvalue weighted by Gasteiger charge is -2.37. The Bertz CT molecular complexity index is 325. The summed E-state index contributed by atoms with van der Waals surface area (Å²) in [6.07, 6.45) is 2.35. The Morgan fingerprint density at radius 1 is 1.35 bits per heavy atom. The topological polar surface area (TPSA) is 116 Å². The maximum Gasteiger partial charge on any atom is 0.303 e. The number of rotatable bonds is 9. The number of nitrogens with one attached hydrogen (secondary N) is 1. The summed E-state index contributed by atoms with van der Waals surface area (Å²) in [5, 5.41) is 20.9. The van der Waals surface area contributed by atoms with Crippen molar-refractivity contribution in [3.8, 4) is 0 Å². The van der Waals surface area contributed by atoms with Gasteiger partial charge in [0.05, 0.1) is 6.54 Å². The van der Waals surface area contributed by atoms with E-state index in [1.807, 2.05) is 4.90 Å². The molecule has 1 saturated heterocycles. The van der Waals surface area contributed by atoms with Gasteiger partial charge in [0.1, 0.15) is 0 Å². The molecule has 7 heteroatoms. The van der Waals surface area contributed by atoms with Crippen LogP contribution in [0.15, 0.2) is 0 Å². The molecule has 0 aromatic heterocycles. The first-order valence-corrected chi connectivity index (χ1v) is 7.08. The molecule has 0 aromatic rings. The van der Waals surface area contributed by atoms with Crippen molar-refractivity contribution >= 4 is 11.9 Å². The van der Waals surface area contributed by atoms with Crippen LogP contribution < -0.4 is 11.1 Å². The average molecular weight is 287 g/mol. The van der Waals surface area contributed by atoms with E-state index < -0.39 is 5.97 Å². The van der Waals surface area contributed by atoms with Crippen molar-refractivity contribution < 1.29 is 19.8 Å². The van der Waals surface area contributed by atoms with Crippen LogP contribution >= 0.6 is 0 Å². The number of aliphatic hydroxyl groups excluding tert-OH is 1. The van der Waals surface area contributed by atoms with Gasteiger partial charge in [-0.15, -0.1) is 0 Å². The van der Waals surface area contributed by atoms with Crippen molar-refractivity contribution in [3.05, 3.63) is 0 Å². The van der Waals surface area contributed by atoms with Gasteiger partial charge in [0.15, 0.2) is 0 Å². The number of carbonyl (C=O) groups is 2. The number of piperidine rings is 1. The van der Waals surface area contributed by atoms with Crippen LogP contribution in [0.1, 0.15) is 25.7 Å². The Hall–Kier alpha value is -1.18. The normalized spacial score (nSPS) is 23.6. The van der Waals surface area contributed by atoms with E-state index >= 15 is 0 Å². The monoisotopic (exact) mass is 287 g/mol. The van der Waals surface area contributed by atoms with Gasteiger partial charge in [-0.3, -0.25) is 14.5 Å². The number of carbonyl (C=O) groups excluding carboxylic acids is 1. The highest BCUT2D eigenvalue weighted by Crippen LogP contribution is 2.21. The highest BCUT2D eigenvalue weighted by molar-refractivity contribution is 5.75. The molecule has 1 aliphatic heterocycles. The average Bonchev–Trinajstić information content (AvgIpc) is 2.36. The number of amides is 1. The van der Waals surface area contributed by atoms with Gasteiger partial charge >= 0.3 is 5.97 Å². The van der Waals surface area contributed by atoms with Gasteiger partial charge in [-0.25, -0.2) is 0 Å². The molecular formula is C13H25N3O4. The van der Waals surface area contributed by atoms with Crippen LogP contribution in [0.5, 0.6) is 0 Å². The van der Waals surface area contributed by atoms with Crippen LogP contribution in [0.4, 0.5) is 0 Å². The van der Waals surface area contributed by atoms with Gasteiger partial charge in [0.2, 0.25) is 5.91 Å². The number of carboxylic acid groups (broad SMARTS) is 1. The van der Waals surface area contributed by atoms with Crippen molar-refractivity contribution in [2.45, 2.75) is 31.7 Å². The molecule has 1 heterocycles. The molecule has 1 fully saturated rings. The Kier molecular flexibility index (Phi) is 7.50. The van der Waals surface area contributed by atoms with Crippen LogP contribution in [-0.2, 0) is 9.59 Å². The van der Waals surface area contributed by atoms with Gasteiger partial charge in [0.25, 0.3) is 0 Å². The third-order valence-electron chi connectivity index (χ3n) is 3.53. The Labute approximate surface area is 119 Å². The smallest absolute Gasteiger partial charge is 0.303 e. The number of aliphatic hydroxyl groups is 1. The second-order valence-corrected chi connectivity index (χ2v) is 5.42. The summed E-state index contributed by atoms with van der Waals surface area (Å²) < 4.78 is 0. The quantitative estimate of drug-likeness (QED) is 0.404. The van der Waals surface area contributed by atoms with Crippen molar-refractivity contribution in [2.75, 3.05) is 32.8 Å². The molecule has 7 nitrogen and oxygen atoms in total. The fourth-order valence-corrected chi connectivity index (χ4v) is 2.72. The van der Waals surface area contributed by atoms with Crippen molar-refractivity contribution in [1.82, 2.24) is 10.2 Å². The van der Waals surface area contributed by atoms with E-state index in [4.69, 9.17) is 15.9 Å². The lowest BCUT2D eigenvalue weighted by Crippen LogP contribution is -2.51. The predicted molar refractivity (Wildman–Crippen MR) is 74.1 cm³/mol. The standard InChI is InChI=1S/C13H25N3O4/c14-12(18)9-16-7-10(2-3-13(19)20)6-11(8-16)15-4-1-5-17/h10-11,15,17H,1-9H2,(H2,14,18)(H,19,20). The number of aliphatic carboxylic acids is 1. The molecule has 0 aromatic carbocycles. The summed E-state index contributed by atoms with van der Waals surface area (Å²) in [4.78, 5) is 23.7. The fourth-order valence-electron chi connectivity index (χ4n) is 2.72. The van der Waals surface area contributed by atoms with Gasteiger partial charge < -0.3 is 21.3 Å². The van der Waals surface area contributed by atoms with Crippen LogP contribution in [0.25, 0.3) is 0 Å². The molecule has 1 amide bonds. The number of hydrogen-bond acceptors (Lipinski definition) is 5. The third kappa shape index (κ3) is 6.83. The first-order valence-electron chi connectivity index (χ1n) is 7.08. The van der Waals surface area contributed by atoms with E-state index in [2.05, 4.69) is 5.32 Å². The van der Waals surface area contributed by atoms with Gasteiger partial charge in [-0.05, 0) is 31.7 Å². The SMILES string of the molecule is NC(=O)CN1CC(CCC(=O)O)CC(NCCCO)C1. The largest absolute Gasteiger partial charge is 0.481 e. The summed E-state index contributed by atoms with van der Waals surface area (Å²) in [7, 11) is 0. The molecule has 116 valence electrons. The van der Waals surface area contributed by atoms with Crippen LogP contribution in [0, 0.1) is 5.92 Å². The fraction of sp³-hybridized carbons (Fsp3) is 0.846. The van der Waals surface area contributed by atoms with Crippen LogP contribution in [-0.4, -0.2) is 65.8 Å². The highest BCUT2D eigenvalue weighted by atomic mass is 16.4. The van der Waals surface area contributed by atoms with Crippen molar-refractivity contribution in [1.29, 1.82) is 0 Å². The van der Waals surface area contributed by atoms with E-state index in [0.29, 0.717) is 19.4 Å². The summed E-state index contributed by atoms with van der Waals surface area (Å²) >= 11 is 0. The minimum absolute atomic E-state index is 0.146. The van der Waals surface area contributed by atoms with E-state index in [1.165, 1.54) is 0 Å². The Balaban J connectivity index is 2.47. The Morgan fingerprint density at radius 3 is 2.70 bits per heavy atom. The lowest BCUT2D eigenvalue weighted by atomic mass is 9.90. The Morgan fingerprint density at radius 2 is 2.10 bits per heavy atom. The molecule has 2 unspecified atom stereocenters. The molecule has 0 aliphatic carbocycles. The van der Waals surface area contributed by atoms with Gasteiger partial charge in [0, 0.05) is 32.2 Å². The molecule has 0 saturated carbocycles. The van der Waals surface area contributed by atoms with Gasteiger partial charge in [-0.2, -0.15) is 0 Å². The molecule has 0 bridgehead atoms. The number of hydrogen-bond donors (Lipinski definition) is 4. The molecule has 1 aliphatic rings. The molecule has 20 heavy (non-hydrogen) atoms. The zero-order chi connectivity index (χ0) is 15.0. The molecule has 2 atom stereocenters. The molecular weight excluding hydrogens is 262 g/mol. The summed E-state index contributed by atoms with van der Waals surface area (Å²) in [6.45, 7) is 2.53. The number of likely N-dealkylation sites (tertiary alicyclic amines) is 1. The van der Waals surface area contributed by atoms with E-state index in [-0.39, 0.29) is 37.4 Å². The van der Waals surface area contributed by atoms with Gasteiger partial charge in [-0.1, -0.05) is 0 Å². The minimum atomic E-state index is -0.790. The minimum Gasteiger partial charge on any atom is -0.481 e. The van der Waals surface area contributed by atoms with Crippen LogP contribution in [0.3, 0.4) is 0 Å². The maximum absolute atomic E-state index is 11.0. The zero-order valence-corrected chi connectivity index (χ0v) is 11.8. The molecule has 0 radical (unpaired) electrons. The van der Waals surface area contributed by atoms with Crippen molar-refractivity contribution in [3.63, 3.8) is 0 Å². The predicted octanol–water partition coefficient (Wildman–Crippen LogP) is -1.00. The van der Waals surface area contributed by atoms with Crippen molar-refractivity contribution in [2.24, 2.45) is 11.7 Å². The maximum atomic E-state index is 11.0. The number of nitrogens with zero attached hydrogens (tertiary/aromatic N) is 1. The number of nitrogens with two attached hydrogens (primary N) is 1. The first-order chi connectivity index (χ1) is 9.51. The highest BCUT2D eigenvalue weighted by Gasteiger charge is 2.27. The summed E-state index contributed by atoms with van der Waals surface area (Å²) in [6, 6.07) is 0.216. The second-order valence-electron chi connectivity index (χ2n) is 5.42.